The summed E-state index contributed by atoms with van der Waals surface area (Å²) >= 11 is 0. The summed E-state index contributed by atoms with van der Waals surface area (Å²) in [5.74, 6) is 0. The first-order valence-electron chi connectivity index (χ1n) is 6.13. The van der Waals surface area contributed by atoms with Crippen LogP contribution in [0.25, 0.3) is 0 Å². The summed E-state index contributed by atoms with van der Waals surface area (Å²) < 4.78 is 0. The highest BCUT2D eigenvalue weighted by Crippen LogP contribution is 2.19. The number of rotatable bonds is 5. The van der Waals surface area contributed by atoms with Crippen LogP contribution >= 0.6 is 0 Å². The summed E-state index contributed by atoms with van der Waals surface area (Å²) in [5, 5.41) is 10.8. The number of hydrogen-bond acceptors (Lipinski definition) is 6. The number of likely N-dealkylation sites (N-methyl/N-ethyl adjacent to an activating group) is 1. The molecule has 1 aromatic carbocycles. The minimum atomic E-state index is 0.640. The smallest absolute Gasteiger partial charge is 0.0991 e. The Morgan fingerprint density at radius 2 is 2.11 bits per heavy atom. The largest absolute Gasteiger partial charge is 0.329 e. The second kappa shape index (κ2) is 6.20. The van der Waals surface area contributed by atoms with Gasteiger partial charge in [0.2, 0.25) is 0 Å². The van der Waals surface area contributed by atoms with E-state index in [2.05, 4.69) is 21.9 Å². The molecule has 2 rings (SSSR count). The second-order valence-electron chi connectivity index (χ2n) is 4.41. The molecule has 0 spiro atoms. The van der Waals surface area contributed by atoms with Crippen molar-refractivity contribution in [3.63, 3.8) is 0 Å². The molecule has 0 fully saturated rings. The van der Waals surface area contributed by atoms with Crippen LogP contribution in [0.5, 0.6) is 0 Å². The molecule has 0 bridgehead atoms. The highest BCUT2D eigenvalue weighted by Gasteiger charge is 2.17. The number of nitriles is 1. The van der Waals surface area contributed by atoms with Gasteiger partial charge in [-0.05, 0) is 31.3 Å². The van der Waals surface area contributed by atoms with Gasteiger partial charge in [0.05, 0.1) is 23.0 Å². The van der Waals surface area contributed by atoms with Gasteiger partial charge in [0.1, 0.15) is 0 Å². The molecule has 4 N–H and O–H groups in total. The molecular formula is C13H18N6. The highest BCUT2D eigenvalue weighted by atomic mass is 15.7. The van der Waals surface area contributed by atoms with Crippen LogP contribution in [0.3, 0.4) is 0 Å². The molecule has 0 saturated carbocycles. The Bertz CT molecular complexity index is 487. The predicted octanol–water partition coefficient (Wildman–Crippen LogP) is 0.119. The van der Waals surface area contributed by atoms with Crippen molar-refractivity contribution in [2.45, 2.75) is 0 Å². The van der Waals surface area contributed by atoms with E-state index in [1.807, 2.05) is 30.4 Å². The molecule has 6 nitrogen and oxygen atoms in total. The third kappa shape index (κ3) is 3.23. The van der Waals surface area contributed by atoms with Crippen molar-refractivity contribution >= 4 is 5.69 Å². The van der Waals surface area contributed by atoms with Gasteiger partial charge in [-0.3, -0.25) is 9.91 Å². The molecule has 0 atom stereocenters. The molecule has 1 aliphatic heterocycles. The Hall–Kier alpha value is -2.07. The first-order valence-corrected chi connectivity index (χ1v) is 6.13. The number of nitrogens with zero attached hydrogens (tertiary/aromatic N) is 3. The van der Waals surface area contributed by atoms with Crippen molar-refractivity contribution in [3.05, 3.63) is 41.7 Å². The van der Waals surface area contributed by atoms with E-state index in [0.717, 1.165) is 24.5 Å². The van der Waals surface area contributed by atoms with E-state index >= 15 is 0 Å². The summed E-state index contributed by atoms with van der Waals surface area (Å²) in [7, 11) is 2.03. The first kappa shape index (κ1) is 13.4. The van der Waals surface area contributed by atoms with E-state index in [9.17, 15) is 0 Å². The van der Waals surface area contributed by atoms with Crippen molar-refractivity contribution in [1.29, 1.82) is 5.26 Å². The molecule has 1 aliphatic rings. The Kier molecular flexibility index (Phi) is 4.36. The van der Waals surface area contributed by atoms with Gasteiger partial charge in [0.15, 0.2) is 0 Å². The van der Waals surface area contributed by atoms with Gasteiger partial charge in [-0.1, -0.05) is 0 Å². The van der Waals surface area contributed by atoms with Crippen LogP contribution in [0.1, 0.15) is 5.56 Å². The van der Waals surface area contributed by atoms with E-state index in [1.165, 1.54) is 0 Å². The van der Waals surface area contributed by atoms with E-state index in [0.29, 0.717) is 12.1 Å². The SMILES string of the molecule is CN(CCN)CC1=CNNN1c1ccc(C#N)cc1. The first-order chi connectivity index (χ1) is 9.24. The molecule has 0 aromatic heterocycles. The summed E-state index contributed by atoms with van der Waals surface area (Å²) in [6.07, 6.45) is 1.92. The fraction of sp³-hybridized carbons (Fsp3) is 0.308. The van der Waals surface area contributed by atoms with E-state index in [4.69, 9.17) is 11.0 Å². The van der Waals surface area contributed by atoms with Crippen molar-refractivity contribution in [3.8, 4) is 6.07 Å². The van der Waals surface area contributed by atoms with Crippen molar-refractivity contribution in [1.82, 2.24) is 15.9 Å². The fourth-order valence-corrected chi connectivity index (χ4v) is 1.92. The Morgan fingerprint density at radius 3 is 2.74 bits per heavy atom. The quantitative estimate of drug-likeness (QED) is 0.696. The summed E-state index contributed by atoms with van der Waals surface area (Å²) in [6.45, 7) is 2.28. The Labute approximate surface area is 113 Å². The standard InChI is InChI=1S/C13H18N6/c1-18(7-6-14)10-13-9-16-17-19(13)12-4-2-11(8-15)3-5-12/h2-5,9,16-17H,6-7,10,14H2,1H3. The number of hydrazine groups is 2. The van der Waals surface area contributed by atoms with Crippen LogP contribution < -0.4 is 21.7 Å². The molecule has 0 aliphatic carbocycles. The molecule has 0 radical (unpaired) electrons. The van der Waals surface area contributed by atoms with Crippen LogP contribution in [0, 0.1) is 11.3 Å². The molecule has 19 heavy (non-hydrogen) atoms. The summed E-state index contributed by atoms with van der Waals surface area (Å²) in [5.41, 5.74) is 14.3. The number of nitrogens with two attached hydrogens (primary N) is 1. The van der Waals surface area contributed by atoms with E-state index in [-0.39, 0.29) is 0 Å². The fourth-order valence-electron chi connectivity index (χ4n) is 1.92. The molecule has 100 valence electrons. The third-order valence-electron chi connectivity index (χ3n) is 2.90. The third-order valence-corrected chi connectivity index (χ3v) is 2.90. The van der Waals surface area contributed by atoms with Crippen LogP contribution in [-0.2, 0) is 0 Å². The summed E-state index contributed by atoms with van der Waals surface area (Å²) in [6, 6.07) is 9.54. The molecule has 0 unspecified atom stereocenters. The average molecular weight is 258 g/mol. The van der Waals surface area contributed by atoms with E-state index in [1.54, 1.807) is 12.1 Å². The van der Waals surface area contributed by atoms with Crippen molar-refractivity contribution < 1.29 is 0 Å². The van der Waals surface area contributed by atoms with Crippen LogP contribution in [-0.4, -0.2) is 31.6 Å². The molecule has 1 heterocycles. The van der Waals surface area contributed by atoms with Gasteiger partial charge < -0.3 is 11.2 Å². The zero-order valence-electron chi connectivity index (χ0n) is 10.9. The maximum absolute atomic E-state index is 8.80. The monoisotopic (exact) mass is 258 g/mol. The number of hydrogen-bond donors (Lipinski definition) is 3. The van der Waals surface area contributed by atoms with Gasteiger partial charge in [-0.2, -0.15) is 5.26 Å². The predicted molar refractivity (Wildman–Crippen MR) is 74.5 cm³/mol. The van der Waals surface area contributed by atoms with Gasteiger partial charge >= 0.3 is 0 Å². The van der Waals surface area contributed by atoms with Gasteiger partial charge in [0.25, 0.3) is 0 Å². The lowest BCUT2D eigenvalue weighted by molar-refractivity contribution is 0.368. The normalized spacial score (nSPS) is 14.2. The zero-order chi connectivity index (χ0) is 13.7. The maximum atomic E-state index is 8.80. The average Bonchev–Trinajstić information content (AvgIpc) is 2.87. The Morgan fingerprint density at radius 1 is 1.37 bits per heavy atom. The lowest BCUT2D eigenvalue weighted by atomic mass is 10.2. The minimum absolute atomic E-state index is 0.640. The molecule has 6 heteroatoms. The van der Waals surface area contributed by atoms with Gasteiger partial charge in [0, 0.05) is 25.8 Å². The van der Waals surface area contributed by atoms with Crippen molar-refractivity contribution in [2.75, 3.05) is 31.7 Å². The number of benzene rings is 1. The van der Waals surface area contributed by atoms with Crippen molar-refractivity contribution in [2.24, 2.45) is 5.73 Å². The van der Waals surface area contributed by atoms with Gasteiger partial charge in [-0.15, -0.1) is 5.53 Å². The number of nitrogens with one attached hydrogen (secondary N) is 2. The molecule has 1 aromatic rings. The molecule has 0 saturated heterocycles. The molecule has 0 amide bonds. The lowest BCUT2D eigenvalue weighted by Crippen LogP contribution is -2.40. The highest BCUT2D eigenvalue weighted by molar-refractivity contribution is 5.54. The van der Waals surface area contributed by atoms with Crippen LogP contribution in [0.15, 0.2) is 36.2 Å². The minimum Gasteiger partial charge on any atom is -0.329 e. The topological polar surface area (TPSA) is 80.3 Å². The molecular weight excluding hydrogens is 240 g/mol. The summed E-state index contributed by atoms with van der Waals surface area (Å²) in [4.78, 5) is 2.15. The van der Waals surface area contributed by atoms with Crippen LogP contribution in [0.2, 0.25) is 0 Å². The maximum Gasteiger partial charge on any atom is 0.0991 e. The van der Waals surface area contributed by atoms with E-state index < -0.39 is 0 Å². The lowest BCUT2D eigenvalue weighted by Gasteiger charge is -2.24. The number of anilines is 1. The zero-order valence-corrected chi connectivity index (χ0v) is 10.9. The van der Waals surface area contributed by atoms with Crippen LogP contribution in [0.4, 0.5) is 5.69 Å². The van der Waals surface area contributed by atoms with Gasteiger partial charge in [-0.25, -0.2) is 0 Å². The Balaban J connectivity index is 2.07. The second-order valence-corrected chi connectivity index (χ2v) is 4.41.